The van der Waals surface area contributed by atoms with Crippen LogP contribution in [0.2, 0.25) is 0 Å². The fourth-order valence-electron chi connectivity index (χ4n) is 3.28. The van der Waals surface area contributed by atoms with Crippen LogP contribution in [-0.2, 0) is 39.0 Å². The third kappa shape index (κ3) is 7.43. The molecule has 0 radical (unpaired) electrons. The van der Waals surface area contributed by atoms with Gasteiger partial charge in [-0.1, -0.05) is 111 Å². The summed E-state index contributed by atoms with van der Waals surface area (Å²) in [5, 5.41) is 0. The van der Waals surface area contributed by atoms with Crippen LogP contribution in [0.25, 0.3) is 0 Å². The first kappa shape index (κ1) is 21.6. The Morgan fingerprint density at radius 3 is 1.30 bits per heavy atom. The summed E-state index contributed by atoms with van der Waals surface area (Å²) in [4.78, 5) is 0. The van der Waals surface area contributed by atoms with Crippen molar-refractivity contribution in [3.63, 3.8) is 0 Å². The summed E-state index contributed by atoms with van der Waals surface area (Å²) in [5.41, 5.74) is 8.44. The van der Waals surface area contributed by atoms with Crippen molar-refractivity contribution in [2.45, 2.75) is 39.5 Å². The van der Waals surface area contributed by atoms with Gasteiger partial charge in [-0.3, -0.25) is 12.2 Å². The van der Waals surface area contributed by atoms with E-state index in [0.29, 0.717) is 0 Å². The Morgan fingerprint density at radius 1 is 0.630 bits per heavy atom. The monoisotopic (exact) mass is 428 g/mol. The van der Waals surface area contributed by atoms with E-state index >= 15 is 0 Å². The number of benzene rings is 2. The molecule has 1 heteroatoms. The van der Waals surface area contributed by atoms with Crippen molar-refractivity contribution in [1.82, 2.24) is 0 Å². The Hall–Kier alpha value is -1.72. The molecule has 2 aromatic carbocycles. The maximum absolute atomic E-state index is 3.24. The normalized spacial score (nSPS) is 14.9. The molecular weight excluding hydrogens is 404 g/mol. The molecule has 0 N–H and O–H groups in total. The Bertz CT molecular complexity index is 763. The van der Waals surface area contributed by atoms with Gasteiger partial charge in [0.15, 0.2) is 0 Å². The van der Waals surface area contributed by atoms with E-state index in [2.05, 4.69) is 98.8 Å². The molecule has 0 atom stereocenters. The van der Waals surface area contributed by atoms with Crippen molar-refractivity contribution in [2.24, 2.45) is 0 Å². The van der Waals surface area contributed by atoms with E-state index in [-0.39, 0.29) is 26.2 Å². The SMILES string of the molecule is CC1=[C-]C=C(Cc2ccccc2)C1.CC1=[C-]C=C(Cc2ccccc2)C1.[Zr+2]. The van der Waals surface area contributed by atoms with Gasteiger partial charge in [-0.15, -0.1) is 0 Å². The Morgan fingerprint density at radius 2 is 1.00 bits per heavy atom. The van der Waals surface area contributed by atoms with Crippen LogP contribution in [-0.4, -0.2) is 0 Å². The molecule has 0 amide bonds. The average molecular weight is 430 g/mol. The van der Waals surface area contributed by atoms with Gasteiger partial charge in [-0.25, -0.2) is 23.3 Å². The second-order valence-corrected chi connectivity index (χ2v) is 7.13. The molecule has 27 heavy (non-hydrogen) atoms. The minimum Gasteiger partial charge on any atom is -0.253 e. The zero-order valence-corrected chi connectivity index (χ0v) is 18.7. The van der Waals surface area contributed by atoms with Crippen LogP contribution in [0.4, 0.5) is 0 Å². The van der Waals surface area contributed by atoms with Crippen LogP contribution in [0.3, 0.4) is 0 Å². The van der Waals surface area contributed by atoms with Crippen molar-refractivity contribution in [3.05, 3.63) is 118 Å². The van der Waals surface area contributed by atoms with Crippen molar-refractivity contribution < 1.29 is 26.2 Å². The van der Waals surface area contributed by atoms with Crippen molar-refractivity contribution in [2.75, 3.05) is 0 Å². The van der Waals surface area contributed by atoms with Crippen molar-refractivity contribution in [1.29, 1.82) is 0 Å². The molecule has 4 rings (SSSR count). The van der Waals surface area contributed by atoms with E-state index in [9.17, 15) is 0 Å². The molecule has 0 nitrogen and oxygen atoms in total. The van der Waals surface area contributed by atoms with E-state index in [4.69, 9.17) is 0 Å². The Balaban J connectivity index is 0.000000187. The van der Waals surface area contributed by atoms with E-state index in [0.717, 1.165) is 25.7 Å². The van der Waals surface area contributed by atoms with Crippen LogP contribution in [0.1, 0.15) is 37.8 Å². The molecule has 2 aliphatic carbocycles. The van der Waals surface area contributed by atoms with Gasteiger partial charge in [0.1, 0.15) is 0 Å². The third-order valence-corrected chi connectivity index (χ3v) is 4.58. The quantitative estimate of drug-likeness (QED) is 0.479. The smallest absolute Gasteiger partial charge is 0.253 e. The fraction of sp³-hybridized carbons (Fsp3) is 0.231. The van der Waals surface area contributed by atoms with E-state index < -0.39 is 0 Å². The molecule has 0 aliphatic heterocycles. The van der Waals surface area contributed by atoms with Crippen LogP contribution >= 0.6 is 0 Å². The predicted octanol–water partition coefficient (Wildman–Crippen LogP) is 6.61. The summed E-state index contributed by atoms with van der Waals surface area (Å²) in [6.07, 6.45) is 15.1. The minimum atomic E-state index is 0. The molecular formula is C26H26Zr. The molecule has 2 aliphatic rings. The molecule has 0 bridgehead atoms. The Labute approximate surface area is 183 Å². The van der Waals surface area contributed by atoms with Crippen molar-refractivity contribution >= 4 is 0 Å². The molecule has 0 saturated heterocycles. The van der Waals surface area contributed by atoms with Crippen molar-refractivity contribution in [3.8, 4) is 0 Å². The number of rotatable bonds is 4. The maximum Gasteiger partial charge on any atom is 2.00 e. The van der Waals surface area contributed by atoms with Crippen LogP contribution < -0.4 is 0 Å². The van der Waals surface area contributed by atoms with Crippen LogP contribution in [0.5, 0.6) is 0 Å². The molecule has 2 aromatic rings. The number of allylic oxidation sites excluding steroid dienone is 8. The number of hydrogen-bond donors (Lipinski definition) is 0. The Kier molecular flexibility index (Phi) is 8.95. The van der Waals surface area contributed by atoms with E-state index in [1.807, 2.05) is 0 Å². The van der Waals surface area contributed by atoms with Crippen LogP contribution in [0, 0.1) is 12.2 Å². The van der Waals surface area contributed by atoms with Gasteiger partial charge in [0.25, 0.3) is 0 Å². The zero-order valence-electron chi connectivity index (χ0n) is 16.3. The topological polar surface area (TPSA) is 0 Å². The summed E-state index contributed by atoms with van der Waals surface area (Å²) in [6.45, 7) is 4.27. The number of hydrogen-bond acceptors (Lipinski definition) is 0. The summed E-state index contributed by atoms with van der Waals surface area (Å²) < 4.78 is 0. The summed E-state index contributed by atoms with van der Waals surface area (Å²) in [5.74, 6) is 0. The summed E-state index contributed by atoms with van der Waals surface area (Å²) in [7, 11) is 0. The predicted molar refractivity (Wildman–Crippen MR) is 111 cm³/mol. The minimum absolute atomic E-state index is 0. The van der Waals surface area contributed by atoms with Gasteiger partial charge < -0.3 is 0 Å². The van der Waals surface area contributed by atoms with Gasteiger partial charge in [0.05, 0.1) is 0 Å². The average Bonchev–Trinajstić information content (AvgIpc) is 3.25. The molecule has 0 spiro atoms. The summed E-state index contributed by atoms with van der Waals surface area (Å²) >= 11 is 0. The molecule has 0 saturated carbocycles. The second kappa shape index (κ2) is 11.2. The summed E-state index contributed by atoms with van der Waals surface area (Å²) in [6, 6.07) is 21.2. The van der Waals surface area contributed by atoms with Crippen LogP contribution in [0.15, 0.2) is 95.1 Å². The molecule has 0 unspecified atom stereocenters. The van der Waals surface area contributed by atoms with Gasteiger partial charge >= 0.3 is 26.2 Å². The zero-order chi connectivity index (χ0) is 18.2. The standard InChI is InChI=1S/2C13H13.Zr/c2*1-11-7-8-13(9-11)10-12-5-3-2-4-6-12;/h2*2-6,8H,9-10H2,1H3;/q2*-1;+2. The maximum atomic E-state index is 3.24. The first-order valence-electron chi connectivity index (χ1n) is 9.30. The van der Waals surface area contributed by atoms with E-state index in [1.165, 1.54) is 33.4 Å². The van der Waals surface area contributed by atoms with Gasteiger partial charge in [-0.2, -0.15) is 11.1 Å². The molecule has 134 valence electrons. The van der Waals surface area contributed by atoms with Gasteiger partial charge in [-0.05, 0) is 0 Å². The fourth-order valence-corrected chi connectivity index (χ4v) is 3.28. The molecule has 0 fully saturated rings. The first-order valence-corrected chi connectivity index (χ1v) is 9.30. The molecule has 0 heterocycles. The van der Waals surface area contributed by atoms with Gasteiger partial charge in [0, 0.05) is 0 Å². The van der Waals surface area contributed by atoms with E-state index in [1.54, 1.807) is 0 Å². The van der Waals surface area contributed by atoms with Gasteiger partial charge in [0.2, 0.25) is 0 Å². The first-order chi connectivity index (χ1) is 12.7. The third-order valence-electron chi connectivity index (χ3n) is 4.58. The second-order valence-electron chi connectivity index (χ2n) is 7.13. The molecule has 0 aromatic heterocycles. The largest absolute Gasteiger partial charge is 2.00 e.